The summed E-state index contributed by atoms with van der Waals surface area (Å²) in [6.07, 6.45) is 2.56. The number of carbonyl (C=O) groups is 2. The van der Waals surface area contributed by atoms with Crippen molar-refractivity contribution in [3.63, 3.8) is 0 Å². The predicted octanol–water partition coefficient (Wildman–Crippen LogP) is 3.68. The minimum atomic E-state index is -0.637. The number of methoxy groups -OCH3 is 2. The van der Waals surface area contributed by atoms with Crippen LogP contribution in [0.15, 0.2) is 57.6 Å². The molecule has 32 heavy (non-hydrogen) atoms. The van der Waals surface area contributed by atoms with Crippen molar-refractivity contribution >= 4 is 46.6 Å². The van der Waals surface area contributed by atoms with Gasteiger partial charge in [-0.3, -0.25) is 10.1 Å². The van der Waals surface area contributed by atoms with Crippen LogP contribution in [-0.4, -0.2) is 37.5 Å². The van der Waals surface area contributed by atoms with Crippen molar-refractivity contribution in [1.29, 1.82) is 0 Å². The Kier molecular flexibility index (Phi) is 7.85. The summed E-state index contributed by atoms with van der Waals surface area (Å²) in [6.45, 7) is 0.123. The number of nitrogens with zero attached hydrogens (tertiary/aromatic N) is 2. The summed E-state index contributed by atoms with van der Waals surface area (Å²) >= 11 is 6.97. The van der Waals surface area contributed by atoms with E-state index in [0.29, 0.717) is 22.6 Å². The molecule has 1 heterocycles. The number of amides is 1. The summed E-state index contributed by atoms with van der Waals surface area (Å²) in [7, 11) is 2.75. The fraction of sp³-hybridized carbons (Fsp3) is 0.143. The van der Waals surface area contributed by atoms with Gasteiger partial charge in [-0.05, 0) is 53.7 Å². The molecule has 1 N–H and O–H groups in total. The molecule has 0 radical (unpaired) electrons. The first kappa shape index (κ1) is 23.3. The van der Waals surface area contributed by atoms with Gasteiger partial charge in [0.05, 0.1) is 30.4 Å². The Hall–Kier alpha value is -3.37. The summed E-state index contributed by atoms with van der Waals surface area (Å²) in [4.78, 5) is 23.3. The van der Waals surface area contributed by atoms with Crippen molar-refractivity contribution in [3.05, 3.63) is 69.3 Å². The third-order valence-corrected chi connectivity index (χ3v) is 5.23. The first-order valence-electron chi connectivity index (χ1n) is 9.04. The van der Waals surface area contributed by atoms with E-state index in [-0.39, 0.29) is 21.7 Å². The van der Waals surface area contributed by atoms with Crippen molar-refractivity contribution in [2.45, 2.75) is 6.61 Å². The number of halogens is 2. The molecular formula is C21H17ClFN3O5S. The first-order valence-corrected chi connectivity index (χ1v) is 10.2. The zero-order valence-electron chi connectivity index (χ0n) is 16.9. The molecule has 0 atom stereocenters. The fourth-order valence-corrected chi connectivity index (χ4v) is 3.49. The molecule has 2 aromatic carbocycles. The molecule has 0 saturated carbocycles. The minimum absolute atomic E-state index is 0.123. The van der Waals surface area contributed by atoms with Crippen LogP contribution >= 0.6 is 23.4 Å². The lowest BCUT2D eigenvalue weighted by molar-refractivity contribution is -0.135. The summed E-state index contributed by atoms with van der Waals surface area (Å²) in [5.74, 6) is -0.627. The number of thioether (sulfide) groups is 1. The van der Waals surface area contributed by atoms with Gasteiger partial charge in [0.15, 0.2) is 5.17 Å². The van der Waals surface area contributed by atoms with Gasteiger partial charge in [-0.25, -0.2) is 9.18 Å². The molecule has 1 fully saturated rings. The van der Waals surface area contributed by atoms with Crippen LogP contribution in [0.4, 0.5) is 4.39 Å². The maximum absolute atomic E-state index is 13.2. The lowest BCUT2D eigenvalue weighted by Gasteiger charge is -2.12. The Morgan fingerprint density at radius 2 is 2.00 bits per heavy atom. The summed E-state index contributed by atoms with van der Waals surface area (Å²) < 4.78 is 28.7. The Morgan fingerprint density at radius 1 is 1.22 bits per heavy atom. The van der Waals surface area contributed by atoms with E-state index in [1.807, 2.05) is 0 Å². The van der Waals surface area contributed by atoms with Gasteiger partial charge in [-0.15, -0.1) is 5.10 Å². The molecule has 0 aliphatic carbocycles. The third-order valence-electron chi connectivity index (χ3n) is 4.04. The molecule has 166 valence electrons. The van der Waals surface area contributed by atoms with Crippen LogP contribution in [0.25, 0.3) is 0 Å². The van der Waals surface area contributed by atoms with Crippen LogP contribution in [0, 0.1) is 5.82 Å². The number of benzene rings is 2. The molecule has 0 bridgehead atoms. The summed E-state index contributed by atoms with van der Waals surface area (Å²) in [5, 5.41) is 10.8. The van der Waals surface area contributed by atoms with Crippen LogP contribution in [-0.2, 0) is 20.9 Å². The van der Waals surface area contributed by atoms with Gasteiger partial charge in [0, 0.05) is 11.6 Å². The van der Waals surface area contributed by atoms with Crippen LogP contribution in [0.3, 0.4) is 0 Å². The number of ether oxygens (including phenoxy) is 3. The van der Waals surface area contributed by atoms with Crippen LogP contribution in [0.5, 0.6) is 11.5 Å². The molecular weight excluding hydrogens is 461 g/mol. The number of esters is 1. The van der Waals surface area contributed by atoms with E-state index in [0.717, 1.165) is 17.8 Å². The molecule has 8 nitrogen and oxygen atoms in total. The molecule has 11 heteroatoms. The Bertz CT molecular complexity index is 1140. The summed E-state index contributed by atoms with van der Waals surface area (Å²) in [5.41, 5.74) is 1.40. The van der Waals surface area contributed by atoms with Gasteiger partial charge >= 0.3 is 5.97 Å². The topological polar surface area (TPSA) is 98.6 Å². The molecule has 1 amide bonds. The zero-order chi connectivity index (χ0) is 23.1. The van der Waals surface area contributed by atoms with Crippen molar-refractivity contribution in [1.82, 2.24) is 5.32 Å². The van der Waals surface area contributed by atoms with Gasteiger partial charge in [0.25, 0.3) is 5.91 Å². The van der Waals surface area contributed by atoms with Gasteiger partial charge in [-0.1, -0.05) is 11.6 Å². The first-order chi connectivity index (χ1) is 15.4. The maximum atomic E-state index is 13.2. The molecule has 0 spiro atoms. The SMILES string of the molecule is COC(=O)/C=C1/S/C(=N\N=Cc2ccc(OC)c(COc3ccc(F)cc3Cl)c2)NC1=O. The number of rotatable bonds is 7. The molecule has 1 aliphatic rings. The standard InChI is InChI=1S/C21H17ClFN3O5S/c1-29-16-5-3-12(7-13(16)11-31-17-6-4-14(23)8-15(17)22)10-24-26-21-25-20(28)18(32-21)9-19(27)30-2/h3-10H,11H2,1-2H3,(H,25,26,28)/b18-9+,24-10?. The fourth-order valence-electron chi connectivity index (χ4n) is 2.53. The van der Waals surface area contributed by atoms with Crippen molar-refractivity contribution in [2.75, 3.05) is 14.2 Å². The van der Waals surface area contributed by atoms with E-state index in [1.165, 1.54) is 38.6 Å². The van der Waals surface area contributed by atoms with E-state index in [9.17, 15) is 14.0 Å². The zero-order valence-corrected chi connectivity index (χ0v) is 18.5. The van der Waals surface area contributed by atoms with Gasteiger partial charge in [0.1, 0.15) is 23.9 Å². The lowest BCUT2D eigenvalue weighted by atomic mass is 10.1. The highest BCUT2D eigenvalue weighted by atomic mass is 35.5. The van der Waals surface area contributed by atoms with Crippen molar-refractivity contribution < 1.29 is 28.2 Å². The number of hydrogen-bond acceptors (Lipinski definition) is 8. The number of carbonyl (C=O) groups excluding carboxylic acids is 2. The number of nitrogens with one attached hydrogen (secondary N) is 1. The lowest BCUT2D eigenvalue weighted by Crippen LogP contribution is -2.19. The van der Waals surface area contributed by atoms with E-state index >= 15 is 0 Å². The average molecular weight is 478 g/mol. The van der Waals surface area contributed by atoms with Crippen LogP contribution in [0.1, 0.15) is 11.1 Å². The third kappa shape index (κ3) is 6.08. The van der Waals surface area contributed by atoms with E-state index in [2.05, 4.69) is 20.3 Å². The number of amidine groups is 1. The van der Waals surface area contributed by atoms with Crippen molar-refractivity contribution in [2.24, 2.45) is 10.2 Å². The maximum Gasteiger partial charge on any atom is 0.331 e. The normalized spacial score (nSPS) is 15.9. The highest BCUT2D eigenvalue weighted by Gasteiger charge is 2.25. The Morgan fingerprint density at radius 3 is 2.72 bits per heavy atom. The molecule has 1 aliphatic heterocycles. The van der Waals surface area contributed by atoms with Crippen LogP contribution < -0.4 is 14.8 Å². The molecule has 3 rings (SSSR count). The van der Waals surface area contributed by atoms with E-state index in [1.54, 1.807) is 18.2 Å². The second-order valence-electron chi connectivity index (χ2n) is 6.17. The van der Waals surface area contributed by atoms with Gasteiger partial charge in [0.2, 0.25) is 0 Å². The van der Waals surface area contributed by atoms with Crippen molar-refractivity contribution in [3.8, 4) is 11.5 Å². The average Bonchev–Trinajstić information content (AvgIpc) is 3.12. The number of hydrogen-bond donors (Lipinski definition) is 1. The monoisotopic (exact) mass is 477 g/mol. The molecule has 0 aromatic heterocycles. The minimum Gasteiger partial charge on any atom is -0.496 e. The smallest absolute Gasteiger partial charge is 0.331 e. The molecule has 1 saturated heterocycles. The quantitative estimate of drug-likeness (QED) is 0.283. The second kappa shape index (κ2) is 10.8. The van der Waals surface area contributed by atoms with E-state index < -0.39 is 17.7 Å². The molecule has 2 aromatic rings. The largest absolute Gasteiger partial charge is 0.496 e. The molecule has 0 unspecified atom stereocenters. The Balaban J connectivity index is 1.70. The summed E-state index contributed by atoms with van der Waals surface area (Å²) in [6, 6.07) is 9.15. The highest BCUT2D eigenvalue weighted by molar-refractivity contribution is 8.18. The van der Waals surface area contributed by atoms with Gasteiger partial charge in [-0.2, -0.15) is 5.10 Å². The second-order valence-corrected chi connectivity index (χ2v) is 7.61. The van der Waals surface area contributed by atoms with Gasteiger partial charge < -0.3 is 14.2 Å². The predicted molar refractivity (Wildman–Crippen MR) is 120 cm³/mol. The Labute approximate surface area is 192 Å². The van der Waals surface area contributed by atoms with E-state index in [4.69, 9.17) is 21.1 Å². The highest BCUT2D eigenvalue weighted by Crippen LogP contribution is 2.28. The van der Waals surface area contributed by atoms with Crippen LogP contribution in [0.2, 0.25) is 5.02 Å².